The molecule has 0 bridgehead atoms. The third-order valence-corrected chi connectivity index (χ3v) is 3.95. The third-order valence-electron chi connectivity index (χ3n) is 3.33. The number of hydrazone groups is 1. The highest BCUT2D eigenvalue weighted by atomic mass is 79.9. The summed E-state index contributed by atoms with van der Waals surface area (Å²) in [6.45, 7) is 0.935. The Balaban J connectivity index is 1.91. The Hall–Kier alpha value is -3.47. The van der Waals surface area contributed by atoms with Crippen molar-refractivity contribution in [1.82, 2.24) is 5.43 Å². The summed E-state index contributed by atoms with van der Waals surface area (Å²) in [5, 5.41) is 14.5. The van der Waals surface area contributed by atoms with Crippen LogP contribution in [0.15, 0.2) is 46.0 Å². The molecule has 1 amide bonds. The van der Waals surface area contributed by atoms with Crippen molar-refractivity contribution in [2.75, 3.05) is 13.7 Å². The molecule has 0 aromatic heterocycles. The number of nitro benzene ring substituents is 1. The predicted octanol–water partition coefficient (Wildman–Crippen LogP) is 2.82. The summed E-state index contributed by atoms with van der Waals surface area (Å²) in [4.78, 5) is 33.1. The van der Waals surface area contributed by atoms with E-state index in [0.717, 1.165) is 0 Å². The fraction of sp³-hybridized carbons (Fsp3) is 0.167. The molecule has 152 valence electrons. The number of rotatable bonds is 8. The van der Waals surface area contributed by atoms with Crippen molar-refractivity contribution in [2.24, 2.45) is 5.10 Å². The molecular weight excluding hydrogens is 450 g/mol. The van der Waals surface area contributed by atoms with Gasteiger partial charge < -0.3 is 14.2 Å². The number of methoxy groups -OCH3 is 1. The first-order valence-corrected chi connectivity index (χ1v) is 8.84. The van der Waals surface area contributed by atoms with Crippen molar-refractivity contribution in [1.29, 1.82) is 0 Å². The predicted molar refractivity (Wildman–Crippen MR) is 106 cm³/mol. The summed E-state index contributed by atoms with van der Waals surface area (Å²) >= 11 is 3.15. The van der Waals surface area contributed by atoms with Crippen molar-refractivity contribution >= 4 is 39.7 Å². The number of non-ortho nitro benzene ring substituents is 1. The monoisotopic (exact) mass is 465 g/mol. The van der Waals surface area contributed by atoms with Gasteiger partial charge in [0, 0.05) is 19.1 Å². The van der Waals surface area contributed by atoms with Crippen LogP contribution in [0.25, 0.3) is 0 Å². The number of halogens is 1. The van der Waals surface area contributed by atoms with Gasteiger partial charge in [-0.3, -0.25) is 19.7 Å². The van der Waals surface area contributed by atoms with Gasteiger partial charge in [-0.15, -0.1) is 0 Å². The number of carbonyl (C=O) groups is 2. The first-order valence-electron chi connectivity index (χ1n) is 8.05. The van der Waals surface area contributed by atoms with Crippen LogP contribution in [-0.4, -0.2) is 36.7 Å². The lowest BCUT2D eigenvalue weighted by Gasteiger charge is -2.08. The lowest BCUT2D eigenvalue weighted by molar-refractivity contribution is -0.385. The number of hydrogen-bond acceptors (Lipinski definition) is 8. The highest BCUT2D eigenvalue weighted by Gasteiger charge is 2.11. The summed E-state index contributed by atoms with van der Waals surface area (Å²) in [6.07, 6.45) is 1.37. The van der Waals surface area contributed by atoms with Gasteiger partial charge in [0.1, 0.15) is 5.75 Å². The van der Waals surface area contributed by atoms with Crippen molar-refractivity contribution in [3.05, 3.63) is 56.5 Å². The highest BCUT2D eigenvalue weighted by molar-refractivity contribution is 9.10. The van der Waals surface area contributed by atoms with Gasteiger partial charge in [-0.2, -0.15) is 5.10 Å². The van der Waals surface area contributed by atoms with Crippen molar-refractivity contribution < 1.29 is 28.7 Å². The van der Waals surface area contributed by atoms with Crippen LogP contribution in [0.3, 0.4) is 0 Å². The second-order valence-electron chi connectivity index (χ2n) is 5.46. The molecule has 0 heterocycles. The topological polar surface area (TPSA) is 129 Å². The Morgan fingerprint density at radius 3 is 2.55 bits per heavy atom. The zero-order chi connectivity index (χ0) is 21.4. The zero-order valence-corrected chi connectivity index (χ0v) is 17.0. The van der Waals surface area contributed by atoms with Crippen LogP contribution in [0, 0.1) is 10.1 Å². The molecule has 0 aliphatic heterocycles. The minimum absolute atomic E-state index is 0.103. The number of nitro groups is 1. The summed E-state index contributed by atoms with van der Waals surface area (Å²) in [7, 11) is 1.43. The Kier molecular flexibility index (Phi) is 7.66. The van der Waals surface area contributed by atoms with Gasteiger partial charge in [-0.1, -0.05) is 0 Å². The number of ether oxygens (including phenoxy) is 3. The summed E-state index contributed by atoms with van der Waals surface area (Å²) in [6, 6.07) is 8.68. The number of hydrogen-bond donors (Lipinski definition) is 1. The first kappa shape index (κ1) is 21.8. The largest absolute Gasteiger partial charge is 0.493 e. The molecule has 0 radical (unpaired) electrons. The second-order valence-corrected chi connectivity index (χ2v) is 6.31. The number of amides is 1. The molecule has 10 nitrogen and oxygen atoms in total. The molecule has 0 aliphatic rings. The third kappa shape index (κ3) is 6.57. The molecule has 0 fully saturated rings. The molecule has 29 heavy (non-hydrogen) atoms. The standard InChI is InChI=1S/C18H16BrN3O7/c1-11(23)29-16-5-3-12(7-17(16)27-2)9-20-21-18(24)10-28-15-6-4-13(22(25)26)8-14(15)19/h3-9H,10H2,1-2H3,(H,21,24). The van der Waals surface area contributed by atoms with E-state index in [1.54, 1.807) is 18.2 Å². The Bertz CT molecular complexity index is 962. The summed E-state index contributed by atoms with van der Waals surface area (Å²) in [5.74, 6) is -0.128. The molecule has 0 unspecified atom stereocenters. The van der Waals surface area contributed by atoms with E-state index in [4.69, 9.17) is 14.2 Å². The van der Waals surface area contributed by atoms with Crippen LogP contribution >= 0.6 is 15.9 Å². The molecule has 0 aliphatic carbocycles. The van der Waals surface area contributed by atoms with Gasteiger partial charge in [0.25, 0.3) is 11.6 Å². The van der Waals surface area contributed by atoms with E-state index in [9.17, 15) is 19.7 Å². The van der Waals surface area contributed by atoms with Gasteiger partial charge in [0.2, 0.25) is 0 Å². The molecule has 1 N–H and O–H groups in total. The summed E-state index contributed by atoms with van der Waals surface area (Å²) in [5.41, 5.74) is 2.78. The molecule has 0 saturated carbocycles. The van der Waals surface area contributed by atoms with Crippen LogP contribution in [0.2, 0.25) is 0 Å². The maximum Gasteiger partial charge on any atom is 0.308 e. The van der Waals surface area contributed by atoms with Crippen LogP contribution in [0.1, 0.15) is 12.5 Å². The van der Waals surface area contributed by atoms with Crippen LogP contribution < -0.4 is 19.6 Å². The van der Waals surface area contributed by atoms with Crippen LogP contribution in [-0.2, 0) is 9.59 Å². The fourth-order valence-corrected chi connectivity index (χ4v) is 2.56. The second kappa shape index (κ2) is 10.2. The van der Waals surface area contributed by atoms with Gasteiger partial charge in [-0.05, 0) is 45.8 Å². The SMILES string of the molecule is COc1cc(C=NNC(=O)COc2ccc([N+](=O)[O-])cc2Br)ccc1OC(C)=O. The van der Waals surface area contributed by atoms with E-state index >= 15 is 0 Å². The zero-order valence-electron chi connectivity index (χ0n) is 15.4. The quantitative estimate of drug-likeness (QED) is 0.208. The molecule has 0 spiro atoms. The molecule has 2 rings (SSSR count). The molecular formula is C18H16BrN3O7. The van der Waals surface area contributed by atoms with Crippen molar-refractivity contribution in [3.8, 4) is 17.2 Å². The van der Waals surface area contributed by atoms with E-state index in [2.05, 4.69) is 26.5 Å². The Morgan fingerprint density at radius 2 is 1.93 bits per heavy atom. The smallest absolute Gasteiger partial charge is 0.308 e. The van der Waals surface area contributed by atoms with E-state index < -0.39 is 16.8 Å². The minimum atomic E-state index is -0.538. The first-order chi connectivity index (χ1) is 13.8. The van der Waals surface area contributed by atoms with Gasteiger partial charge in [0.15, 0.2) is 18.1 Å². The van der Waals surface area contributed by atoms with Crippen molar-refractivity contribution in [2.45, 2.75) is 6.92 Å². The minimum Gasteiger partial charge on any atom is -0.493 e. The number of benzene rings is 2. The molecule has 2 aromatic rings. The van der Waals surface area contributed by atoms with Gasteiger partial charge in [-0.25, -0.2) is 5.43 Å². The van der Waals surface area contributed by atoms with Gasteiger partial charge in [0.05, 0.1) is 22.7 Å². The van der Waals surface area contributed by atoms with Crippen LogP contribution in [0.5, 0.6) is 17.2 Å². The van der Waals surface area contributed by atoms with Crippen LogP contribution in [0.4, 0.5) is 5.69 Å². The lowest BCUT2D eigenvalue weighted by atomic mass is 10.2. The average molecular weight is 466 g/mol. The highest BCUT2D eigenvalue weighted by Crippen LogP contribution is 2.29. The normalized spacial score (nSPS) is 10.4. The fourth-order valence-electron chi connectivity index (χ4n) is 2.08. The van der Waals surface area contributed by atoms with E-state index in [0.29, 0.717) is 15.8 Å². The average Bonchev–Trinajstić information content (AvgIpc) is 2.67. The maximum atomic E-state index is 11.8. The molecule has 0 saturated heterocycles. The van der Waals surface area contributed by atoms with Crippen molar-refractivity contribution in [3.63, 3.8) is 0 Å². The lowest BCUT2D eigenvalue weighted by Crippen LogP contribution is -2.24. The Morgan fingerprint density at radius 1 is 1.21 bits per heavy atom. The number of carbonyl (C=O) groups excluding carboxylic acids is 2. The summed E-state index contributed by atoms with van der Waals surface area (Å²) < 4.78 is 15.8. The molecule has 11 heteroatoms. The molecule has 0 atom stereocenters. The maximum absolute atomic E-state index is 11.8. The van der Waals surface area contributed by atoms with Gasteiger partial charge >= 0.3 is 5.97 Å². The number of esters is 1. The number of nitrogens with one attached hydrogen (secondary N) is 1. The van der Waals surface area contributed by atoms with E-state index in [-0.39, 0.29) is 23.8 Å². The van der Waals surface area contributed by atoms with E-state index in [1.165, 1.54) is 38.4 Å². The number of nitrogens with zero attached hydrogens (tertiary/aromatic N) is 2. The van der Waals surface area contributed by atoms with E-state index in [1.807, 2.05) is 0 Å². The Labute approximate surface area is 173 Å². The molecule has 2 aromatic carbocycles.